The molecule has 0 amide bonds. The zero-order valence-corrected chi connectivity index (χ0v) is 11.7. The maximum Gasteiger partial charge on any atom is 0.296 e. The lowest BCUT2D eigenvalue weighted by Crippen LogP contribution is -2.65. The molecular weight excluding hydrogens is 270 g/mol. The van der Waals surface area contributed by atoms with Crippen LogP contribution in [0.15, 0.2) is 41.1 Å². The van der Waals surface area contributed by atoms with E-state index in [9.17, 15) is 4.79 Å². The first kappa shape index (κ1) is 13.6. The Morgan fingerprint density at radius 2 is 1.95 bits per heavy atom. The summed E-state index contributed by atoms with van der Waals surface area (Å²) in [4.78, 5) is 15.9. The van der Waals surface area contributed by atoms with Crippen molar-refractivity contribution in [1.29, 1.82) is 0 Å². The summed E-state index contributed by atoms with van der Waals surface area (Å²) >= 11 is 0. The van der Waals surface area contributed by atoms with Gasteiger partial charge < -0.3 is 5.73 Å². The molecule has 1 fully saturated rings. The van der Waals surface area contributed by atoms with E-state index < -0.39 is 0 Å². The van der Waals surface area contributed by atoms with Crippen LogP contribution in [0.5, 0.6) is 0 Å². The minimum absolute atomic E-state index is 0.155. The molecule has 7 heteroatoms. The Balaban J connectivity index is 1.53. The van der Waals surface area contributed by atoms with Crippen molar-refractivity contribution in [3.05, 3.63) is 42.1 Å². The lowest BCUT2D eigenvalue weighted by Gasteiger charge is -2.29. The summed E-state index contributed by atoms with van der Waals surface area (Å²) in [5.74, 6) is 0.444. The third-order valence-corrected chi connectivity index (χ3v) is 3.57. The van der Waals surface area contributed by atoms with E-state index >= 15 is 0 Å². The Morgan fingerprint density at radius 3 is 2.57 bits per heavy atom. The van der Waals surface area contributed by atoms with Crippen molar-refractivity contribution in [2.24, 2.45) is 0 Å². The first-order chi connectivity index (χ1) is 10.2. The maximum absolute atomic E-state index is 12.2. The highest BCUT2D eigenvalue weighted by Crippen LogP contribution is 2.04. The van der Waals surface area contributed by atoms with E-state index in [0.29, 0.717) is 6.54 Å². The number of nitrogens with zero attached hydrogens (tertiary/aromatic N) is 4. The van der Waals surface area contributed by atoms with Gasteiger partial charge in [-0.3, -0.25) is 14.2 Å². The standard InChI is InChI=1S/C14H18N5O2/c15-14-11-19(16-21-14)18-8-6-17(7-9-18)10-13(20)12-4-2-1-3-5-12/h1-5,11H,6-10,15H2/q+1. The molecule has 2 aromatic rings. The first-order valence-corrected chi connectivity index (χ1v) is 6.92. The first-order valence-electron chi connectivity index (χ1n) is 6.92. The fraction of sp³-hybridized carbons (Fsp3) is 0.357. The van der Waals surface area contributed by atoms with Crippen molar-refractivity contribution in [2.45, 2.75) is 0 Å². The molecule has 110 valence electrons. The molecule has 0 unspecified atom stereocenters. The van der Waals surface area contributed by atoms with Gasteiger partial charge in [-0.1, -0.05) is 30.3 Å². The topological polar surface area (TPSA) is 79.5 Å². The Labute approximate surface area is 122 Å². The zero-order chi connectivity index (χ0) is 14.7. The van der Waals surface area contributed by atoms with Crippen LogP contribution in [0.25, 0.3) is 0 Å². The molecule has 0 atom stereocenters. The molecule has 1 aliphatic heterocycles. The molecule has 2 heterocycles. The van der Waals surface area contributed by atoms with Crippen LogP contribution in [-0.4, -0.2) is 48.7 Å². The molecule has 3 rings (SSSR count). The van der Waals surface area contributed by atoms with Gasteiger partial charge in [-0.15, -0.1) is 0 Å². The summed E-state index contributed by atoms with van der Waals surface area (Å²) in [6.07, 6.45) is 1.64. The van der Waals surface area contributed by atoms with Gasteiger partial charge in [0.25, 0.3) is 12.1 Å². The van der Waals surface area contributed by atoms with Crippen LogP contribution in [0, 0.1) is 0 Å². The molecule has 21 heavy (non-hydrogen) atoms. The number of nitrogens with two attached hydrogens (primary N) is 1. The number of anilines is 1. The lowest BCUT2D eigenvalue weighted by molar-refractivity contribution is -0.759. The molecule has 2 N–H and O–H groups in total. The average molecular weight is 288 g/mol. The van der Waals surface area contributed by atoms with E-state index in [4.69, 9.17) is 10.3 Å². The second-order valence-electron chi connectivity index (χ2n) is 5.04. The van der Waals surface area contributed by atoms with Crippen molar-refractivity contribution in [1.82, 2.24) is 10.2 Å². The smallest absolute Gasteiger partial charge is 0.296 e. The number of ketones is 1. The van der Waals surface area contributed by atoms with E-state index in [1.807, 2.05) is 35.3 Å². The number of carbonyl (C=O) groups excluding carboxylic acids is 1. The number of rotatable bonds is 4. The van der Waals surface area contributed by atoms with Gasteiger partial charge >= 0.3 is 0 Å². The highest BCUT2D eigenvalue weighted by atomic mass is 16.5. The Bertz CT molecular complexity index is 605. The summed E-state index contributed by atoms with van der Waals surface area (Å²) in [7, 11) is 0. The number of Topliss-reactive ketones (excluding diaryl/α,β-unsaturated/α-hetero) is 1. The molecule has 1 aromatic carbocycles. The van der Waals surface area contributed by atoms with Gasteiger partial charge in [-0.05, 0) is 0 Å². The largest absolute Gasteiger partial charge is 0.362 e. The quantitative estimate of drug-likeness (QED) is 0.613. The molecule has 1 aliphatic rings. The Morgan fingerprint density at radius 1 is 1.24 bits per heavy atom. The number of benzene rings is 1. The number of piperazine rings is 1. The van der Waals surface area contributed by atoms with Gasteiger partial charge in [0, 0.05) is 18.7 Å². The van der Waals surface area contributed by atoms with E-state index in [-0.39, 0.29) is 11.7 Å². The number of aromatic nitrogens is 2. The Hall–Kier alpha value is -2.41. The second-order valence-corrected chi connectivity index (χ2v) is 5.04. The third kappa shape index (κ3) is 3.19. The number of carbonyl (C=O) groups is 1. The van der Waals surface area contributed by atoms with Crippen molar-refractivity contribution < 1.29 is 14.1 Å². The van der Waals surface area contributed by atoms with Gasteiger partial charge in [0.1, 0.15) is 0 Å². The second kappa shape index (κ2) is 5.92. The van der Waals surface area contributed by atoms with Crippen molar-refractivity contribution in [3.63, 3.8) is 0 Å². The molecule has 0 spiro atoms. The van der Waals surface area contributed by atoms with E-state index in [0.717, 1.165) is 31.7 Å². The predicted octanol–water partition coefficient (Wildman–Crippen LogP) is -0.319. The van der Waals surface area contributed by atoms with Crippen molar-refractivity contribution >= 4 is 11.7 Å². The zero-order valence-electron chi connectivity index (χ0n) is 11.7. The summed E-state index contributed by atoms with van der Waals surface area (Å²) in [6.45, 7) is 3.61. The minimum atomic E-state index is 0.155. The van der Waals surface area contributed by atoms with Gasteiger partial charge in [0.15, 0.2) is 5.78 Å². The van der Waals surface area contributed by atoms with E-state index in [1.54, 1.807) is 11.0 Å². The van der Waals surface area contributed by atoms with Crippen LogP contribution < -0.4 is 15.5 Å². The fourth-order valence-corrected chi connectivity index (χ4v) is 2.40. The molecule has 1 saturated heterocycles. The normalized spacial score (nSPS) is 16.1. The summed E-state index contributed by atoms with van der Waals surface area (Å²) < 4.78 is 4.85. The molecule has 1 aromatic heterocycles. The van der Waals surface area contributed by atoms with E-state index in [2.05, 4.69) is 10.2 Å². The van der Waals surface area contributed by atoms with Gasteiger partial charge in [-0.2, -0.15) is 5.01 Å². The monoisotopic (exact) mass is 288 g/mol. The van der Waals surface area contributed by atoms with Crippen LogP contribution in [0.1, 0.15) is 10.4 Å². The molecular formula is C14H18N5O2+. The highest BCUT2D eigenvalue weighted by Gasteiger charge is 2.26. The van der Waals surface area contributed by atoms with E-state index in [1.165, 1.54) is 0 Å². The number of nitrogen functional groups attached to an aromatic ring is 1. The molecule has 0 bridgehead atoms. The highest BCUT2D eigenvalue weighted by molar-refractivity contribution is 5.97. The fourth-order valence-electron chi connectivity index (χ4n) is 2.40. The van der Waals surface area contributed by atoms with Gasteiger partial charge in [-0.25, -0.2) is 0 Å². The summed E-state index contributed by atoms with van der Waals surface area (Å²) in [5.41, 5.74) is 6.27. The summed E-state index contributed by atoms with van der Waals surface area (Å²) in [6, 6.07) is 9.39. The maximum atomic E-state index is 12.2. The lowest BCUT2D eigenvalue weighted by atomic mass is 10.1. The minimum Gasteiger partial charge on any atom is -0.362 e. The molecule has 0 radical (unpaired) electrons. The van der Waals surface area contributed by atoms with Gasteiger partial charge in [0.05, 0.1) is 24.4 Å². The number of hydrogen-bond acceptors (Lipinski definition) is 6. The van der Waals surface area contributed by atoms with Crippen molar-refractivity contribution in [2.75, 3.05) is 43.5 Å². The third-order valence-electron chi connectivity index (χ3n) is 3.57. The van der Waals surface area contributed by atoms with Crippen LogP contribution >= 0.6 is 0 Å². The predicted molar refractivity (Wildman–Crippen MR) is 76.3 cm³/mol. The van der Waals surface area contributed by atoms with Crippen LogP contribution in [-0.2, 0) is 0 Å². The molecule has 7 nitrogen and oxygen atoms in total. The molecule has 0 aliphatic carbocycles. The average Bonchev–Trinajstić information content (AvgIpc) is 2.95. The Kier molecular flexibility index (Phi) is 3.83. The summed E-state index contributed by atoms with van der Waals surface area (Å²) in [5, 5.41) is 5.86. The van der Waals surface area contributed by atoms with Crippen LogP contribution in [0.4, 0.5) is 5.88 Å². The molecule has 0 saturated carbocycles. The van der Waals surface area contributed by atoms with Crippen LogP contribution in [0.2, 0.25) is 0 Å². The van der Waals surface area contributed by atoms with Crippen LogP contribution in [0.3, 0.4) is 0 Å². The SMILES string of the molecule is Nc1c[n+](N2CCN(CC(=O)c3ccccc3)CC2)no1. The van der Waals surface area contributed by atoms with Crippen molar-refractivity contribution in [3.8, 4) is 0 Å². The van der Waals surface area contributed by atoms with Gasteiger partial charge in [0.2, 0.25) is 5.27 Å². The number of hydrogen-bond donors (Lipinski definition) is 1.